The molecule has 0 aliphatic heterocycles. The highest BCUT2D eigenvalue weighted by Gasteiger charge is 2.21. The van der Waals surface area contributed by atoms with E-state index in [-0.39, 0.29) is 17.4 Å². The molecular weight excluding hydrogens is 278 g/mol. The Hall–Kier alpha value is -2.30. The number of methoxy groups -OCH3 is 1. The van der Waals surface area contributed by atoms with Crippen LogP contribution in [0.25, 0.3) is 0 Å². The van der Waals surface area contributed by atoms with Crippen LogP contribution in [-0.4, -0.2) is 23.2 Å². The van der Waals surface area contributed by atoms with Gasteiger partial charge in [-0.15, -0.1) is 0 Å². The summed E-state index contributed by atoms with van der Waals surface area (Å²) in [4.78, 5) is 12.3. The van der Waals surface area contributed by atoms with Crippen LogP contribution in [0.5, 0.6) is 5.75 Å². The van der Waals surface area contributed by atoms with Crippen LogP contribution in [0.3, 0.4) is 0 Å². The van der Waals surface area contributed by atoms with Crippen LogP contribution in [0.2, 0.25) is 0 Å². The van der Waals surface area contributed by atoms with Crippen molar-refractivity contribution >= 4 is 5.91 Å². The summed E-state index contributed by atoms with van der Waals surface area (Å²) in [5.41, 5.74) is 2.19. The van der Waals surface area contributed by atoms with Crippen molar-refractivity contribution in [3.8, 4) is 5.75 Å². The van der Waals surface area contributed by atoms with E-state index in [0.717, 1.165) is 17.0 Å². The third-order valence-electron chi connectivity index (χ3n) is 3.57. The van der Waals surface area contributed by atoms with Crippen LogP contribution in [0, 0.1) is 0 Å². The van der Waals surface area contributed by atoms with Gasteiger partial charge in [-0.25, -0.2) is 0 Å². The molecule has 2 N–H and O–H groups in total. The molecule has 0 saturated carbocycles. The molecule has 0 radical (unpaired) electrons. The van der Waals surface area contributed by atoms with E-state index in [2.05, 4.69) is 36.3 Å². The van der Waals surface area contributed by atoms with Gasteiger partial charge < -0.3 is 10.1 Å². The highest BCUT2D eigenvalue weighted by molar-refractivity contribution is 5.92. The fourth-order valence-electron chi connectivity index (χ4n) is 2.19. The summed E-state index contributed by atoms with van der Waals surface area (Å²) in [6.07, 6.45) is 0. The van der Waals surface area contributed by atoms with E-state index < -0.39 is 0 Å². The van der Waals surface area contributed by atoms with Gasteiger partial charge in [0.05, 0.1) is 13.2 Å². The molecule has 1 amide bonds. The van der Waals surface area contributed by atoms with Crippen molar-refractivity contribution in [2.24, 2.45) is 0 Å². The molecule has 118 valence electrons. The molecule has 5 heteroatoms. The van der Waals surface area contributed by atoms with Crippen LogP contribution < -0.4 is 10.1 Å². The van der Waals surface area contributed by atoms with Crippen molar-refractivity contribution < 1.29 is 9.53 Å². The number of hydrogen-bond acceptors (Lipinski definition) is 3. The number of nitrogens with zero attached hydrogens (tertiary/aromatic N) is 1. The molecule has 1 aromatic carbocycles. The van der Waals surface area contributed by atoms with Gasteiger partial charge in [-0.1, -0.05) is 39.0 Å². The summed E-state index contributed by atoms with van der Waals surface area (Å²) < 4.78 is 5.33. The third kappa shape index (κ3) is 3.47. The van der Waals surface area contributed by atoms with Crippen LogP contribution in [-0.2, 0) is 5.41 Å². The molecular formula is C17H23N3O2. The lowest BCUT2D eigenvalue weighted by atomic mass is 9.92. The Kier molecular flexibility index (Phi) is 4.54. The van der Waals surface area contributed by atoms with E-state index in [4.69, 9.17) is 4.74 Å². The summed E-state index contributed by atoms with van der Waals surface area (Å²) in [6, 6.07) is 9.27. The van der Waals surface area contributed by atoms with Gasteiger partial charge >= 0.3 is 0 Å². The zero-order valence-electron chi connectivity index (χ0n) is 13.7. The summed E-state index contributed by atoms with van der Waals surface area (Å²) in [7, 11) is 1.62. The van der Waals surface area contributed by atoms with Crippen LogP contribution in [0.15, 0.2) is 30.3 Å². The molecule has 0 fully saturated rings. The SMILES string of the molecule is COc1ccccc1C(C)NC(=O)c1cc(C(C)(C)C)[nH]n1. The minimum atomic E-state index is -0.204. The predicted molar refractivity (Wildman–Crippen MR) is 86.2 cm³/mol. The monoisotopic (exact) mass is 301 g/mol. The Morgan fingerprint density at radius 2 is 2.00 bits per heavy atom. The lowest BCUT2D eigenvalue weighted by Gasteiger charge is -2.16. The first-order chi connectivity index (χ1) is 10.3. The molecule has 0 bridgehead atoms. The normalized spacial score (nSPS) is 12.8. The molecule has 22 heavy (non-hydrogen) atoms. The van der Waals surface area contributed by atoms with E-state index in [1.807, 2.05) is 31.2 Å². The first kappa shape index (κ1) is 16.1. The summed E-state index contributed by atoms with van der Waals surface area (Å²) in [6.45, 7) is 8.13. The molecule has 0 spiro atoms. The van der Waals surface area contributed by atoms with Crippen molar-refractivity contribution in [1.29, 1.82) is 0 Å². The number of hydrogen-bond donors (Lipinski definition) is 2. The Bertz CT molecular complexity index is 656. The Labute approximate surface area is 131 Å². The van der Waals surface area contributed by atoms with Gasteiger partial charge in [0.1, 0.15) is 11.4 Å². The number of carbonyl (C=O) groups is 1. The van der Waals surface area contributed by atoms with Gasteiger partial charge in [0.15, 0.2) is 0 Å². The number of para-hydroxylation sites is 1. The number of carbonyl (C=O) groups excluding carboxylic acids is 1. The minimum Gasteiger partial charge on any atom is -0.496 e. The number of rotatable bonds is 4. The Morgan fingerprint density at radius 3 is 2.59 bits per heavy atom. The zero-order valence-corrected chi connectivity index (χ0v) is 13.7. The van der Waals surface area contributed by atoms with Crippen molar-refractivity contribution in [3.05, 3.63) is 47.3 Å². The quantitative estimate of drug-likeness (QED) is 0.911. The number of aromatic amines is 1. The molecule has 2 rings (SSSR count). The molecule has 1 atom stereocenters. The highest BCUT2D eigenvalue weighted by Crippen LogP contribution is 2.25. The second-order valence-corrected chi connectivity index (χ2v) is 6.35. The van der Waals surface area contributed by atoms with Gasteiger partial charge in [0.25, 0.3) is 5.91 Å². The first-order valence-electron chi connectivity index (χ1n) is 7.32. The number of H-pyrrole nitrogens is 1. The van der Waals surface area contributed by atoms with Gasteiger partial charge in [0.2, 0.25) is 0 Å². The maximum Gasteiger partial charge on any atom is 0.272 e. The molecule has 1 heterocycles. The van der Waals surface area contributed by atoms with Crippen molar-refractivity contribution in [2.45, 2.75) is 39.2 Å². The maximum atomic E-state index is 12.3. The summed E-state index contributed by atoms with van der Waals surface area (Å²) >= 11 is 0. The number of benzene rings is 1. The minimum absolute atomic E-state index is 0.0696. The predicted octanol–water partition coefficient (Wildman–Crippen LogP) is 3.21. The summed E-state index contributed by atoms with van der Waals surface area (Å²) in [5, 5.41) is 9.98. The molecule has 0 aliphatic rings. The average Bonchev–Trinajstić information content (AvgIpc) is 2.97. The Balaban J connectivity index is 2.13. The fraction of sp³-hybridized carbons (Fsp3) is 0.412. The van der Waals surface area contributed by atoms with Crippen LogP contribution >= 0.6 is 0 Å². The summed E-state index contributed by atoms with van der Waals surface area (Å²) in [5.74, 6) is 0.554. The largest absolute Gasteiger partial charge is 0.496 e. The molecule has 1 unspecified atom stereocenters. The number of amides is 1. The van der Waals surface area contributed by atoms with Crippen LogP contribution in [0.1, 0.15) is 55.5 Å². The standard InChI is InChI=1S/C17H23N3O2/c1-11(12-8-6-7-9-14(12)22-5)18-16(21)13-10-15(20-19-13)17(2,3)4/h6-11H,1-5H3,(H,18,21)(H,19,20). The molecule has 1 aromatic heterocycles. The first-order valence-corrected chi connectivity index (χ1v) is 7.32. The lowest BCUT2D eigenvalue weighted by molar-refractivity contribution is 0.0934. The molecule has 0 aliphatic carbocycles. The van der Waals surface area contributed by atoms with E-state index in [1.165, 1.54) is 0 Å². The number of ether oxygens (including phenoxy) is 1. The van der Waals surface area contributed by atoms with E-state index in [1.54, 1.807) is 13.2 Å². The zero-order chi connectivity index (χ0) is 16.3. The van der Waals surface area contributed by atoms with E-state index in [9.17, 15) is 4.79 Å². The van der Waals surface area contributed by atoms with Gasteiger partial charge in [0, 0.05) is 16.7 Å². The van der Waals surface area contributed by atoms with Crippen molar-refractivity contribution in [2.75, 3.05) is 7.11 Å². The van der Waals surface area contributed by atoms with Gasteiger partial charge in [-0.05, 0) is 19.1 Å². The van der Waals surface area contributed by atoms with E-state index in [0.29, 0.717) is 5.69 Å². The van der Waals surface area contributed by atoms with Crippen molar-refractivity contribution in [1.82, 2.24) is 15.5 Å². The Morgan fingerprint density at radius 1 is 1.32 bits per heavy atom. The maximum absolute atomic E-state index is 12.3. The topological polar surface area (TPSA) is 67.0 Å². The average molecular weight is 301 g/mol. The highest BCUT2D eigenvalue weighted by atomic mass is 16.5. The molecule has 2 aromatic rings. The lowest BCUT2D eigenvalue weighted by Crippen LogP contribution is -2.27. The van der Waals surface area contributed by atoms with Gasteiger partial charge in [-0.2, -0.15) is 5.10 Å². The third-order valence-corrected chi connectivity index (χ3v) is 3.57. The second kappa shape index (κ2) is 6.22. The second-order valence-electron chi connectivity index (χ2n) is 6.35. The molecule has 0 saturated heterocycles. The molecule has 5 nitrogen and oxygen atoms in total. The smallest absolute Gasteiger partial charge is 0.272 e. The van der Waals surface area contributed by atoms with Gasteiger partial charge in [-0.3, -0.25) is 9.89 Å². The van der Waals surface area contributed by atoms with Crippen molar-refractivity contribution in [3.63, 3.8) is 0 Å². The number of nitrogens with one attached hydrogen (secondary N) is 2. The van der Waals surface area contributed by atoms with E-state index >= 15 is 0 Å². The number of aromatic nitrogens is 2. The fourth-order valence-corrected chi connectivity index (χ4v) is 2.19. The van der Waals surface area contributed by atoms with Crippen LogP contribution in [0.4, 0.5) is 0 Å².